The molecule has 0 aromatic heterocycles. The van der Waals surface area contributed by atoms with Crippen molar-refractivity contribution in [3.8, 4) is 5.75 Å². The Bertz CT molecular complexity index is 1010. The van der Waals surface area contributed by atoms with E-state index < -0.39 is 17.9 Å². The Hall–Kier alpha value is -3.46. The third kappa shape index (κ3) is 7.02. The number of ether oxygens (including phenoxy) is 2. The van der Waals surface area contributed by atoms with Crippen molar-refractivity contribution in [2.45, 2.75) is 32.2 Å². The number of para-hydroxylation sites is 1. The second kappa shape index (κ2) is 12.7. The van der Waals surface area contributed by atoms with E-state index in [9.17, 15) is 14.4 Å². The van der Waals surface area contributed by atoms with Crippen molar-refractivity contribution < 1.29 is 23.9 Å². The van der Waals surface area contributed by atoms with Gasteiger partial charge < -0.3 is 19.7 Å². The molecule has 0 aliphatic carbocycles. The molecule has 2 N–H and O–H groups in total. The molecule has 1 aliphatic rings. The lowest BCUT2D eigenvalue weighted by molar-refractivity contribution is -0.147. The highest BCUT2D eigenvalue weighted by Crippen LogP contribution is 2.19. The van der Waals surface area contributed by atoms with Crippen LogP contribution in [0.5, 0.6) is 5.75 Å². The summed E-state index contributed by atoms with van der Waals surface area (Å²) in [6, 6.07) is 16.0. The van der Waals surface area contributed by atoms with Gasteiger partial charge in [0.25, 0.3) is 5.91 Å². The zero-order chi connectivity index (χ0) is 24.3. The first-order chi connectivity index (χ1) is 16.5. The minimum Gasteiger partial charge on any atom is -0.492 e. The van der Waals surface area contributed by atoms with Gasteiger partial charge in [0.05, 0.1) is 25.2 Å². The first-order valence-corrected chi connectivity index (χ1v) is 11.7. The molecule has 3 rings (SSSR count). The number of nitrogens with zero attached hydrogens (tertiary/aromatic N) is 1. The molecule has 1 heterocycles. The number of nitrogens with one attached hydrogen (secondary N) is 2. The van der Waals surface area contributed by atoms with Crippen LogP contribution in [0.3, 0.4) is 0 Å². The molecule has 1 aliphatic heterocycles. The average Bonchev–Trinajstić information content (AvgIpc) is 2.85. The van der Waals surface area contributed by atoms with Gasteiger partial charge in [-0.3, -0.25) is 19.7 Å². The summed E-state index contributed by atoms with van der Waals surface area (Å²) >= 11 is 5.44. The summed E-state index contributed by atoms with van der Waals surface area (Å²) in [5.74, 6) is -0.824. The molecule has 2 amide bonds. The summed E-state index contributed by atoms with van der Waals surface area (Å²) in [5.41, 5.74) is 1.47. The molecular formula is C25H29N3O5S. The van der Waals surface area contributed by atoms with Crippen molar-refractivity contribution in [2.24, 2.45) is 0 Å². The summed E-state index contributed by atoms with van der Waals surface area (Å²) in [6.45, 7) is 3.31. The summed E-state index contributed by atoms with van der Waals surface area (Å²) in [4.78, 5) is 39.1. The van der Waals surface area contributed by atoms with E-state index in [0.29, 0.717) is 43.9 Å². The first-order valence-electron chi connectivity index (χ1n) is 11.3. The van der Waals surface area contributed by atoms with Gasteiger partial charge in [0, 0.05) is 19.5 Å². The van der Waals surface area contributed by atoms with Crippen LogP contribution >= 0.6 is 12.2 Å². The minimum atomic E-state index is -0.844. The molecule has 2 aromatic carbocycles. The molecule has 0 spiro atoms. The quantitative estimate of drug-likeness (QED) is 0.418. The maximum atomic E-state index is 13.0. The van der Waals surface area contributed by atoms with Crippen molar-refractivity contribution in [3.63, 3.8) is 0 Å². The second-order valence-electron chi connectivity index (χ2n) is 7.76. The van der Waals surface area contributed by atoms with Crippen molar-refractivity contribution >= 4 is 35.1 Å². The third-order valence-electron chi connectivity index (χ3n) is 5.26. The molecule has 8 nitrogen and oxygen atoms in total. The zero-order valence-corrected chi connectivity index (χ0v) is 19.9. The Balaban J connectivity index is 1.63. The molecule has 34 heavy (non-hydrogen) atoms. The van der Waals surface area contributed by atoms with Gasteiger partial charge in [0.1, 0.15) is 11.8 Å². The average molecular weight is 484 g/mol. The number of hydrogen-bond donors (Lipinski definition) is 2. The monoisotopic (exact) mass is 483 g/mol. The summed E-state index contributed by atoms with van der Waals surface area (Å²) in [7, 11) is 0. The molecule has 1 unspecified atom stereocenters. The van der Waals surface area contributed by atoms with Crippen LogP contribution in [0.1, 0.15) is 35.7 Å². The van der Waals surface area contributed by atoms with Gasteiger partial charge in [-0.05, 0) is 36.3 Å². The fourth-order valence-electron chi connectivity index (χ4n) is 3.53. The lowest BCUT2D eigenvalue weighted by Crippen LogP contribution is -2.60. The van der Waals surface area contributed by atoms with Gasteiger partial charge in [-0.25, -0.2) is 0 Å². The third-order valence-corrected chi connectivity index (χ3v) is 5.60. The molecule has 0 radical (unpaired) electrons. The van der Waals surface area contributed by atoms with Crippen molar-refractivity contribution in [2.75, 3.05) is 26.3 Å². The molecule has 2 aromatic rings. The van der Waals surface area contributed by atoms with Crippen molar-refractivity contribution in [1.29, 1.82) is 0 Å². The number of thiocarbonyl (C=S) groups is 1. The Kier molecular flexibility index (Phi) is 9.40. The highest BCUT2D eigenvalue weighted by Gasteiger charge is 2.34. The lowest BCUT2D eigenvalue weighted by Gasteiger charge is -2.36. The molecule has 1 saturated heterocycles. The molecule has 0 bridgehead atoms. The molecule has 0 saturated carbocycles. The maximum Gasteiger partial charge on any atom is 0.308 e. The van der Waals surface area contributed by atoms with Gasteiger partial charge in [-0.2, -0.15) is 0 Å². The number of hydrogen-bond acceptors (Lipinski definition) is 6. The van der Waals surface area contributed by atoms with E-state index in [1.54, 1.807) is 29.2 Å². The Morgan fingerprint density at radius 2 is 1.85 bits per heavy atom. The number of benzene rings is 2. The summed E-state index contributed by atoms with van der Waals surface area (Å²) in [6.07, 6.45) is 1.24. The van der Waals surface area contributed by atoms with E-state index in [2.05, 4.69) is 10.6 Å². The van der Waals surface area contributed by atoms with E-state index in [0.717, 1.165) is 5.56 Å². The van der Waals surface area contributed by atoms with Crippen LogP contribution in [0.4, 0.5) is 0 Å². The van der Waals surface area contributed by atoms with E-state index >= 15 is 0 Å². The highest BCUT2D eigenvalue weighted by atomic mass is 32.1. The predicted molar refractivity (Wildman–Crippen MR) is 132 cm³/mol. The fourth-order valence-corrected chi connectivity index (χ4v) is 3.84. The topological polar surface area (TPSA) is 97.0 Å². The first kappa shape index (κ1) is 25.2. The molecule has 180 valence electrons. The van der Waals surface area contributed by atoms with Crippen molar-refractivity contribution in [1.82, 2.24) is 15.5 Å². The highest BCUT2D eigenvalue weighted by molar-refractivity contribution is 7.80. The molecule has 1 atom stereocenters. The fraction of sp³-hybridized carbons (Fsp3) is 0.360. The number of carbonyl (C=O) groups is 3. The zero-order valence-electron chi connectivity index (χ0n) is 19.1. The minimum absolute atomic E-state index is 0.0761. The standard InChI is InChI=1S/C25H29N3O5S/c1-2-15-33-22(29)17-20-24(31)26-13-14-28(20)25(34)27-23(30)19-10-6-7-11-21(19)32-16-12-18-8-4-3-5-9-18/h3-11,20H,2,12-17H2,1H3,(H,26,31)(H,27,30,34). The van der Waals surface area contributed by atoms with Gasteiger partial charge in [0.15, 0.2) is 5.11 Å². The molecular weight excluding hydrogens is 454 g/mol. The van der Waals surface area contributed by atoms with Gasteiger partial charge >= 0.3 is 5.97 Å². The Morgan fingerprint density at radius 3 is 2.62 bits per heavy atom. The lowest BCUT2D eigenvalue weighted by atomic mass is 10.1. The number of amides is 2. The number of esters is 1. The summed E-state index contributed by atoms with van der Waals surface area (Å²) in [5, 5.41) is 5.49. The Morgan fingerprint density at radius 1 is 1.12 bits per heavy atom. The van der Waals surface area contributed by atoms with Crippen LogP contribution in [0.2, 0.25) is 0 Å². The Labute approximate surface area is 204 Å². The predicted octanol–water partition coefficient (Wildman–Crippen LogP) is 2.47. The van der Waals surface area contributed by atoms with Gasteiger partial charge in [-0.1, -0.05) is 49.4 Å². The second-order valence-corrected chi connectivity index (χ2v) is 8.15. The SMILES string of the molecule is CCCOC(=O)CC1C(=O)NCCN1C(=S)NC(=O)c1ccccc1OCCc1ccccc1. The number of piperazine rings is 1. The molecule has 9 heteroatoms. The number of rotatable bonds is 9. The van der Waals surface area contributed by atoms with Gasteiger partial charge in [-0.15, -0.1) is 0 Å². The smallest absolute Gasteiger partial charge is 0.308 e. The van der Waals surface area contributed by atoms with Crippen LogP contribution < -0.4 is 15.4 Å². The number of carbonyl (C=O) groups excluding carboxylic acids is 3. The maximum absolute atomic E-state index is 13.0. The van der Waals surface area contributed by atoms with Crippen LogP contribution in [0, 0.1) is 0 Å². The van der Waals surface area contributed by atoms with E-state index in [4.69, 9.17) is 21.7 Å². The van der Waals surface area contributed by atoms with Gasteiger partial charge in [0.2, 0.25) is 5.91 Å². The largest absolute Gasteiger partial charge is 0.492 e. The van der Waals surface area contributed by atoms with E-state index in [1.165, 1.54) is 0 Å². The van der Waals surface area contributed by atoms with E-state index in [-0.39, 0.29) is 24.0 Å². The van der Waals surface area contributed by atoms with Crippen LogP contribution in [-0.4, -0.2) is 60.1 Å². The molecule has 1 fully saturated rings. The van der Waals surface area contributed by atoms with Crippen LogP contribution in [0.15, 0.2) is 54.6 Å². The van der Waals surface area contributed by atoms with Crippen molar-refractivity contribution in [3.05, 3.63) is 65.7 Å². The van der Waals surface area contributed by atoms with Crippen LogP contribution in [0.25, 0.3) is 0 Å². The van der Waals surface area contributed by atoms with E-state index in [1.807, 2.05) is 37.3 Å². The summed E-state index contributed by atoms with van der Waals surface area (Å²) < 4.78 is 11.0. The van der Waals surface area contributed by atoms with Crippen LogP contribution in [-0.2, 0) is 20.7 Å². The normalized spacial score (nSPS) is 15.3.